The summed E-state index contributed by atoms with van der Waals surface area (Å²) in [6.07, 6.45) is 0. The summed E-state index contributed by atoms with van der Waals surface area (Å²) in [6, 6.07) is 11.5. The molecule has 1 aliphatic heterocycles. The zero-order valence-electron chi connectivity index (χ0n) is 17.2. The Morgan fingerprint density at radius 3 is 2.30 bits per heavy atom. The van der Waals surface area contributed by atoms with E-state index < -0.39 is 29.9 Å². The Bertz CT molecular complexity index is 1020. The average Bonchev–Trinajstić information content (AvgIpc) is 2.85. The molecule has 2 aromatic rings. The van der Waals surface area contributed by atoms with Crippen LogP contribution < -0.4 is 10.6 Å². The minimum atomic E-state index is -1.38. The first-order chi connectivity index (χ1) is 13.9. The smallest absolute Gasteiger partial charge is 0.325 e. The minimum Gasteiger partial charge on any atom is -0.325 e. The third-order valence-electron chi connectivity index (χ3n) is 5.08. The number of nitrogens with one attached hydrogen (secondary N) is 2. The fraction of sp³-hybridized carbons (Fsp3) is 0.318. The Kier molecular flexibility index (Phi) is 5.85. The topological polar surface area (TPSA) is 78.5 Å². The number of imide groups is 1. The molecule has 6 nitrogen and oxygen atoms in total. The van der Waals surface area contributed by atoms with E-state index >= 15 is 0 Å². The fourth-order valence-electron chi connectivity index (χ4n) is 3.32. The second kappa shape index (κ2) is 7.93. The molecule has 1 saturated heterocycles. The van der Waals surface area contributed by atoms with Crippen LogP contribution in [0.4, 0.5) is 10.5 Å². The monoisotopic (exact) mass is 447 g/mol. The highest BCUT2D eigenvalue weighted by Crippen LogP contribution is 2.35. The second-order valence-corrected chi connectivity index (χ2v) is 9.29. The summed E-state index contributed by atoms with van der Waals surface area (Å²) < 4.78 is 0. The third kappa shape index (κ3) is 4.30. The largest absolute Gasteiger partial charge is 0.325 e. The first-order valence-corrected chi connectivity index (χ1v) is 10.2. The highest BCUT2D eigenvalue weighted by Gasteiger charge is 2.50. The SMILES string of the molecule is CC(C)(C)c1ccc(NC(=O)CN2C(=O)N[C@@](C)(c3ccc(Cl)cc3Cl)C2=O)cc1. The van der Waals surface area contributed by atoms with Crippen LogP contribution in [0.25, 0.3) is 0 Å². The van der Waals surface area contributed by atoms with Crippen molar-refractivity contribution in [2.45, 2.75) is 38.6 Å². The first-order valence-electron chi connectivity index (χ1n) is 9.42. The van der Waals surface area contributed by atoms with Crippen molar-refractivity contribution in [2.75, 3.05) is 11.9 Å². The normalized spacial score (nSPS) is 19.1. The molecule has 1 heterocycles. The van der Waals surface area contributed by atoms with Gasteiger partial charge in [0.25, 0.3) is 5.91 Å². The Morgan fingerprint density at radius 1 is 1.10 bits per heavy atom. The van der Waals surface area contributed by atoms with Crippen molar-refractivity contribution >= 4 is 46.7 Å². The van der Waals surface area contributed by atoms with Crippen molar-refractivity contribution in [3.63, 3.8) is 0 Å². The minimum absolute atomic E-state index is 0.00397. The maximum Gasteiger partial charge on any atom is 0.325 e. The molecule has 1 fully saturated rings. The van der Waals surface area contributed by atoms with Crippen LogP contribution in [-0.4, -0.2) is 29.3 Å². The van der Waals surface area contributed by atoms with E-state index in [0.717, 1.165) is 10.5 Å². The van der Waals surface area contributed by atoms with Gasteiger partial charge in [0, 0.05) is 21.3 Å². The Morgan fingerprint density at radius 2 is 1.73 bits per heavy atom. The molecule has 2 aromatic carbocycles. The summed E-state index contributed by atoms with van der Waals surface area (Å²) in [5, 5.41) is 6.02. The van der Waals surface area contributed by atoms with Gasteiger partial charge >= 0.3 is 6.03 Å². The van der Waals surface area contributed by atoms with E-state index in [9.17, 15) is 14.4 Å². The molecule has 1 aliphatic rings. The maximum absolute atomic E-state index is 13.0. The molecular weight excluding hydrogens is 425 g/mol. The number of anilines is 1. The third-order valence-corrected chi connectivity index (χ3v) is 5.63. The molecule has 4 amide bonds. The zero-order valence-corrected chi connectivity index (χ0v) is 18.7. The number of benzene rings is 2. The molecule has 0 bridgehead atoms. The zero-order chi connectivity index (χ0) is 22.3. The van der Waals surface area contributed by atoms with Gasteiger partial charge in [0.15, 0.2) is 0 Å². The summed E-state index contributed by atoms with van der Waals surface area (Å²) in [7, 11) is 0. The van der Waals surface area contributed by atoms with Crippen LogP contribution in [0, 0.1) is 0 Å². The van der Waals surface area contributed by atoms with Crippen LogP contribution in [0.15, 0.2) is 42.5 Å². The van der Waals surface area contributed by atoms with Crippen LogP contribution in [0.1, 0.15) is 38.8 Å². The lowest BCUT2D eigenvalue weighted by molar-refractivity contribution is -0.133. The molecule has 0 radical (unpaired) electrons. The summed E-state index contributed by atoms with van der Waals surface area (Å²) >= 11 is 12.2. The fourth-order valence-corrected chi connectivity index (χ4v) is 3.91. The average molecular weight is 448 g/mol. The predicted molar refractivity (Wildman–Crippen MR) is 118 cm³/mol. The van der Waals surface area contributed by atoms with Crippen molar-refractivity contribution in [1.82, 2.24) is 10.2 Å². The number of halogens is 2. The summed E-state index contributed by atoms with van der Waals surface area (Å²) in [5.41, 5.74) is 0.741. The molecule has 8 heteroatoms. The molecular formula is C22H23Cl2N3O3. The number of carbonyl (C=O) groups excluding carboxylic acids is 3. The molecule has 2 N–H and O–H groups in total. The summed E-state index contributed by atoms with van der Waals surface area (Å²) in [6.45, 7) is 7.43. The van der Waals surface area contributed by atoms with Gasteiger partial charge in [-0.2, -0.15) is 0 Å². The van der Waals surface area contributed by atoms with Gasteiger partial charge in [-0.25, -0.2) is 4.79 Å². The summed E-state index contributed by atoms with van der Waals surface area (Å²) in [5.74, 6) is -1.04. The van der Waals surface area contributed by atoms with E-state index in [2.05, 4.69) is 31.4 Å². The number of hydrogen-bond acceptors (Lipinski definition) is 3. The molecule has 3 rings (SSSR count). The predicted octanol–water partition coefficient (Wildman–Crippen LogP) is 4.70. The van der Waals surface area contributed by atoms with Gasteiger partial charge < -0.3 is 10.6 Å². The van der Waals surface area contributed by atoms with Gasteiger partial charge in [-0.3, -0.25) is 14.5 Å². The van der Waals surface area contributed by atoms with E-state index in [-0.39, 0.29) is 10.4 Å². The Hall–Kier alpha value is -2.57. The molecule has 30 heavy (non-hydrogen) atoms. The molecule has 0 aromatic heterocycles. The second-order valence-electron chi connectivity index (χ2n) is 8.45. The number of urea groups is 1. The maximum atomic E-state index is 13.0. The van der Waals surface area contributed by atoms with E-state index in [1.807, 2.05) is 12.1 Å². The first kappa shape index (κ1) is 22.1. The van der Waals surface area contributed by atoms with Gasteiger partial charge in [0.1, 0.15) is 12.1 Å². The molecule has 0 saturated carbocycles. The Labute approximate surface area is 185 Å². The van der Waals surface area contributed by atoms with Gasteiger partial charge in [-0.05, 0) is 42.2 Å². The quantitative estimate of drug-likeness (QED) is 0.666. The van der Waals surface area contributed by atoms with Crippen LogP contribution in [0.3, 0.4) is 0 Å². The highest BCUT2D eigenvalue weighted by atomic mass is 35.5. The van der Waals surface area contributed by atoms with Crippen LogP contribution in [0.5, 0.6) is 0 Å². The van der Waals surface area contributed by atoms with Crippen LogP contribution in [-0.2, 0) is 20.5 Å². The van der Waals surface area contributed by atoms with Crippen molar-refractivity contribution < 1.29 is 14.4 Å². The van der Waals surface area contributed by atoms with Gasteiger partial charge in [0.2, 0.25) is 5.91 Å². The van der Waals surface area contributed by atoms with Crippen molar-refractivity contribution in [1.29, 1.82) is 0 Å². The highest BCUT2D eigenvalue weighted by molar-refractivity contribution is 6.35. The number of hydrogen-bond donors (Lipinski definition) is 2. The van der Waals surface area contributed by atoms with E-state index in [1.165, 1.54) is 6.07 Å². The molecule has 0 aliphatic carbocycles. The van der Waals surface area contributed by atoms with Crippen molar-refractivity contribution in [2.24, 2.45) is 0 Å². The molecule has 0 spiro atoms. The van der Waals surface area contributed by atoms with Crippen LogP contribution >= 0.6 is 23.2 Å². The summed E-state index contributed by atoms with van der Waals surface area (Å²) in [4.78, 5) is 38.8. The lowest BCUT2D eigenvalue weighted by atomic mass is 9.87. The molecule has 0 unspecified atom stereocenters. The standard InChI is InChI=1S/C22H23Cl2N3O3/c1-21(2,3)13-5-8-15(9-6-13)25-18(28)12-27-19(29)22(4,26-20(27)30)16-10-7-14(23)11-17(16)24/h5-11H,12H2,1-4H3,(H,25,28)(H,26,30)/t22-/m0/s1. The van der Waals surface area contributed by atoms with E-state index in [4.69, 9.17) is 23.2 Å². The lowest BCUT2D eigenvalue weighted by Gasteiger charge is -2.23. The van der Waals surface area contributed by atoms with E-state index in [1.54, 1.807) is 31.2 Å². The van der Waals surface area contributed by atoms with Crippen LogP contribution in [0.2, 0.25) is 10.0 Å². The van der Waals surface area contributed by atoms with Gasteiger partial charge in [-0.1, -0.05) is 62.2 Å². The number of rotatable bonds is 4. The van der Waals surface area contributed by atoms with Gasteiger partial charge in [-0.15, -0.1) is 0 Å². The van der Waals surface area contributed by atoms with Gasteiger partial charge in [0.05, 0.1) is 0 Å². The van der Waals surface area contributed by atoms with Crippen molar-refractivity contribution in [3.8, 4) is 0 Å². The van der Waals surface area contributed by atoms with E-state index in [0.29, 0.717) is 16.3 Å². The lowest BCUT2D eigenvalue weighted by Crippen LogP contribution is -2.42. The molecule has 158 valence electrons. The Balaban J connectivity index is 1.73. The van der Waals surface area contributed by atoms with Crippen molar-refractivity contribution in [3.05, 3.63) is 63.6 Å². The number of nitrogens with zero attached hydrogens (tertiary/aromatic N) is 1. The molecule has 1 atom stereocenters. The number of amides is 4. The number of carbonyl (C=O) groups is 3.